The van der Waals surface area contributed by atoms with Crippen LogP contribution in [0.2, 0.25) is 0 Å². The fourth-order valence-electron chi connectivity index (χ4n) is 1.90. The number of aliphatic hydroxyl groups is 1. The number of nitrogens with two attached hydrogens (primary N) is 3. The molecule has 2 aromatic rings. The molecule has 0 saturated carbocycles. The van der Waals surface area contributed by atoms with Gasteiger partial charge in [0.1, 0.15) is 0 Å². The summed E-state index contributed by atoms with van der Waals surface area (Å²) in [6, 6.07) is 12.7. The van der Waals surface area contributed by atoms with Crippen molar-refractivity contribution in [2.45, 2.75) is 5.60 Å². The van der Waals surface area contributed by atoms with E-state index in [0.717, 1.165) is 0 Å². The van der Waals surface area contributed by atoms with Gasteiger partial charge < -0.3 is 22.3 Å². The molecule has 0 aliphatic rings. The van der Waals surface area contributed by atoms with E-state index in [0.29, 0.717) is 22.5 Å². The Labute approximate surface area is 110 Å². The first-order valence-corrected chi connectivity index (χ1v) is 5.69. The summed E-state index contributed by atoms with van der Waals surface area (Å²) >= 11 is 0. The third-order valence-electron chi connectivity index (χ3n) is 3.01. The van der Waals surface area contributed by atoms with E-state index in [1.165, 1.54) is 0 Å². The van der Waals surface area contributed by atoms with Crippen molar-refractivity contribution in [1.82, 2.24) is 0 Å². The second-order valence-electron chi connectivity index (χ2n) is 4.32. The van der Waals surface area contributed by atoms with Gasteiger partial charge >= 0.3 is 0 Å². The third-order valence-corrected chi connectivity index (χ3v) is 3.01. The highest BCUT2D eigenvalue weighted by atomic mass is 16.3. The molecule has 0 heterocycles. The molecule has 0 aliphatic heterocycles. The number of amides is 1. The van der Waals surface area contributed by atoms with Crippen LogP contribution in [0.25, 0.3) is 0 Å². The van der Waals surface area contributed by atoms with Crippen molar-refractivity contribution >= 4 is 17.3 Å². The van der Waals surface area contributed by atoms with Gasteiger partial charge in [-0.05, 0) is 35.4 Å². The predicted molar refractivity (Wildman–Crippen MR) is 73.9 cm³/mol. The molecule has 0 bridgehead atoms. The van der Waals surface area contributed by atoms with Crippen LogP contribution in [0.5, 0.6) is 0 Å². The number of hydrogen-bond donors (Lipinski definition) is 4. The van der Waals surface area contributed by atoms with Crippen LogP contribution < -0.4 is 17.2 Å². The number of carbonyl (C=O) groups is 1. The first-order chi connectivity index (χ1) is 8.94. The lowest BCUT2D eigenvalue weighted by atomic mass is 9.85. The van der Waals surface area contributed by atoms with Gasteiger partial charge in [0.05, 0.1) is 0 Å². The lowest BCUT2D eigenvalue weighted by Gasteiger charge is -2.25. The standard InChI is InChI=1S/C14H15N3O2/c15-11-5-1-9(2-6-11)14(19,13(17)18)10-3-7-12(16)8-4-10/h1-8,19H,15-16H2,(H2,17,18). The van der Waals surface area contributed by atoms with Crippen LogP contribution in [0.4, 0.5) is 11.4 Å². The molecular formula is C14H15N3O2. The monoisotopic (exact) mass is 257 g/mol. The Morgan fingerprint density at radius 1 is 0.842 bits per heavy atom. The molecule has 5 heteroatoms. The zero-order valence-corrected chi connectivity index (χ0v) is 10.2. The van der Waals surface area contributed by atoms with E-state index >= 15 is 0 Å². The van der Waals surface area contributed by atoms with Gasteiger partial charge in [-0.25, -0.2) is 0 Å². The smallest absolute Gasteiger partial charge is 0.258 e. The molecule has 1 amide bonds. The Morgan fingerprint density at radius 3 is 1.42 bits per heavy atom. The number of nitrogen functional groups attached to an aromatic ring is 2. The summed E-state index contributed by atoms with van der Waals surface area (Å²) in [6.45, 7) is 0. The summed E-state index contributed by atoms with van der Waals surface area (Å²) in [5.41, 5.74) is 16.4. The Balaban J connectivity index is 2.57. The van der Waals surface area contributed by atoms with Crippen LogP contribution in [-0.4, -0.2) is 11.0 Å². The van der Waals surface area contributed by atoms with Crippen LogP contribution in [0, 0.1) is 0 Å². The van der Waals surface area contributed by atoms with Crippen LogP contribution >= 0.6 is 0 Å². The van der Waals surface area contributed by atoms with E-state index in [4.69, 9.17) is 17.2 Å². The van der Waals surface area contributed by atoms with Crippen molar-refractivity contribution in [3.05, 3.63) is 59.7 Å². The minimum Gasteiger partial charge on any atom is -0.399 e. The molecular weight excluding hydrogens is 242 g/mol. The summed E-state index contributed by atoms with van der Waals surface area (Å²) in [5, 5.41) is 10.7. The molecule has 2 aromatic carbocycles. The molecule has 98 valence electrons. The minimum atomic E-state index is -1.90. The van der Waals surface area contributed by atoms with Crippen molar-refractivity contribution < 1.29 is 9.90 Å². The molecule has 0 saturated heterocycles. The minimum absolute atomic E-state index is 0.360. The van der Waals surface area contributed by atoms with Crippen LogP contribution in [0.15, 0.2) is 48.5 Å². The summed E-state index contributed by atoms with van der Waals surface area (Å²) in [7, 11) is 0. The highest BCUT2D eigenvalue weighted by Gasteiger charge is 2.37. The zero-order chi connectivity index (χ0) is 14.0. The Hall–Kier alpha value is -2.53. The van der Waals surface area contributed by atoms with Crippen molar-refractivity contribution in [1.29, 1.82) is 0 Å². The molecule has 0 aromatic heterocycles. The molecule has 7 N–H and O–H groups in total. The summed E-state index contributed by atoms with van der Waals surface area (Å²) in [5.74, 6) is -0.859. The lowest BCUT2D eigenvalue weighted by Crippen LogP contribution is -2.42. The molecule has 5 nitrogen and oxygen atoms in total. The highest BCUT2D eigenvalue weighted by molar-refractivity contribution is 5.88. The topological polar surface area (TPSA) is 115 Å². The van der Waals surface area contributed by atoms with Gasteiger partial charge in [-0.3, -0.25) is 4.79 Å². The normalized spacial score (nSPS) is 11.2. The molecule has 2 rings (SSSR count). The van der Waals surface area contributed by atoms with Gasteiger partial charge in [0, 0.05) is 11.4 Å². The van der Waals surface area contributed by atoms with E-state index in [9.17, 15) is 9.90 Å². The van der Waals surface area contributed by atoms with Gasteiger partial charge in [0.2, 0.25) is 0 Å². The number of hydrogen-bond acceptors (Lipinski definition) is 4. The fourth-order valence-corrected chi connectivity index (χ4v) is 1.90. The molecule has 0 fully saturated rings. The molecule has 19 heavy (non-hydrogen) atoms. The second kappa shape index (κ2) is 4.62. The number of rotatable bonds is 3. The first-order valence-electron chi connectivity index (χ1n) is 5.69. The van der Waals surface area contributed by atoms with Crippen molar-refractivity contribution in [2.24, 2.45) is 5.73 Å². The van der Waals surface area contributed by atoms with Crippen LogP contribution in [-0.2, 0) is 10.4 Å². The first kappa shape index (κ1) is 12.9. The molecule has 0 unspecified atom stereocenters. The van der Waals surface area contributed by atoms with Crippen molar-refractivity contribution in [3.63, 3.8) is 0 Å². The zero-order valence-electron chi connectivity index (χ0n) is 10.2. The van der Waals surface area contributed by atoms with E-state index in [2.05, 4.69) is 0 Å². The van der Waals surface area contributed by atoms with Gasteiger partial charge in [0.25, 0.3) is 5.91 Å². The lowest BCUT2D eigenvalue weighted by molar-refractivity contribution is -0.133. The molecule has 0 radical (unpaired) electrons. The summed E-state index contributed by atoms with van der Waals surface area (Å²) < 4.78 is 0. The van der Waals surface area contributed by atoms with Crippen molar-refractivity contribution in [3.8, 4) is 0 Å². The number of anilines is 2. The van der Waals surface area contributed by atoms with Gasteiger partial charge in [-0.1, -0.05) is 24.3 Å². The van der Waals surface area contributed by atoms with E-state index in [1.54, 1.807) is 48.5 Å². The molecule has 0 aliphatic carbocycles. The van der Waals surface area contributed by atoms with E-state index in [-0.39, 0.29) is 0 Å². The average Bonchev–Trinajstić information content (AvgIpc) is 2.39. The predicted octanol–water partition coefficient (Wildman–Crippen LogP) is 0.572. The van der Waals surface area contributed by atoms with E-state index in [1.807, 2.05) is 0 Å². The molecule has 0 atom stereocenters. The van der Waals surface area contributed by atoms with Gasteiger partial charge in [-0.2, -0.15) is 0 Å². The Bertz CT molecular complexity index is 546. The highest BCUT2D eigenvalue weighted by Crippen LogP contribution is 2.30. The second-order valence-corrected chi connectivity index (χ2v) is 4.32. The van der Waals surface area contributed by atoms with Crippen molar-refractivity contribution in [2.75, 3.05) is 11.5 Å². The number of primary amides is 1. The SMILES string of the molecule is NC(=O)C(O)(c1ccc(N)cc1)c1ccc(N)cc1. The number of carbonyl (C=O) groups excluding carboxylic acids is 1. The number of benzene rings is 2. The quantitative estimate of drug-likeness (QED) is 0.601. The maximum atomic E-state index is 11.7. The maximum Gasteiger partial charge on any atom is 0.258 e. The largest absolute Gasteiger partial charge is 0.399 e. The van der Waals surface area contributed by atoms with Gasteiger partial charge in [-0.15, -0.1) is 0 Å². The fraction of sp³-hybridized carbons (Fsp3) is 0.0714. The Morgan fingerprint density at radius 2 is 1.16 bits per heavy atom. The average molecular weight is 257 g/mol. The third kappa shape index (κ3) is 2.23. The van der Waals surface area contributed by atoms with E-state index < -0.39 is 11.5 Å². The van der Waals surface area contributed by atoms with Crippen LogP contribution in [0.1, 0.15) is 11.1 Å². The van der Waals surface area contributed by atoms with Crippen LogP contribution in [0.3, 0.4) is 0 Å². The maximum absolute atomic E-state index is 11.7. The Kier molecular flexibility index (Phi) is 3.14. The summed E-state index contributed by atoms with van der Waals surface area (Å²) in [4.78, 5) is 11.7. The summed E-state index contributed by atoms with van der Waals surface area (Å²) in [6.07, 6.45) is 0. The molecule has 0 spiro atoms. The van der Waals surface area contributed by atoms with Gasteiger partial charge in [0.15, 0.2) is 5.60 Å².